The van der Waals surface area contributed by atoms with Crippen molar-refractivity contribution in [2.45, 2.75) is 46.6 Å². The molecule has 0 radical (unpaired) electrons. The van der Waals surface area contributed by atoms with E-state index in [1.54, 1.807) is 20.8 Å². The molecule has 1 amide bonds. The lowest BCUT2D eigenvalue weighted by Gasteiger charge is -2.19. The summed E-state index contributed by atoms with van der Waals surface area (Å²) in [5.74, 6) is 0. The number of carbonyl (C=O) groups is 1. The fourth-order valence-electron chi connectivity index (χ4n) is 1.61. The summed E-state index contributed by atoms with van der Waals surface area (Å²) in [6.07, 6.45) is 0.254. The maximum absolute atomic E-state index is 11.7. The van der Waals surface area contributed by atoms with Crippen LogP contribution in [0.5, 0.6) is 0 Å². The Morgan fingerprint density at radius 2 is 2.11 bits per heavy atom. The molecule has 0 spiro atoms. The van der Waals surface area contributed by atoms with Crippen LogP contribution in [-0.4, -0.2) is 11.7 Å². The number of hydrogen-bond acceptors (Lipinski definition) is 4. The zero-order valence-electron chi connectivity index (χ0n) is 11.4. The average molecular weight is 266 g/mol. The third-order valence-corrected chi connectivity index (χ3v) is 3.35. The minimum atomic E-state index is -0.545. The summed E-state index contributed by atoms with van der Waals surface area (Å²) in [4.78, 5) is 12.7. The molecule has 0 saturated carbocycles. The highest BCUT2D eigenvalue weighted by molar-refractivity contribution is 7.16. The molecule has 18 heavy (non-hydrogen) atoms. The van der Waals surface area contributed by atoms with Gasteiger partial charge in [0.2, 0.25) is 0 Å². The Labute approximate surface area is 112 Å². The topological polar surface area (TPSA) is 62.1 Å². The van der Waals surface area contributed by atoms with E-state index in [1.807, 2.05) is 13.8 Å². The molecule has 0 fully saturated rings. The van der Waals surface area contributed by atoms with Gasteiger partial charge in [0.1, 0.15) is 16.7 Å². The molecule has 0 atom stereocenters. The summed E-state index contributed by atoms with van der Waals surface area (Å²) in [6.45, 7) is 9.34. The molecule has 0 unspecified atom stereocenters. The van der Waals surface area contributed by atoms with Gasteiger partial charge in [-0.25, -0.2) is 4.79 Å². The normalized spacial score (nSPS) is 10.9. The highest BCUT2D eigenvalue weighted by Gasteiger charge is 2.20. The Balaban J connectivity index is 2.93. The van der Waals surface area contributed by atoms with Crippen LogP contribution < -0.4 is 5.32 Å². The smallest absolute Gasteiger partial charge is 0.412 e. The molecule has 1 aromatic heterocycles. The van der Waals surface area contributed by atoms with E-state index >= 15 is 0 Å². The van der Waals surface area contributed by atoms with Crippen LogP contribution in [0.1, 0.15) is 43.7 Å². The van der Waals surface area contributed by atoms with E-state index in [2.05, 4.69) is 11.4 Å². The van der Waals surface area contributed by atoms with Crippen molar-refractivity contribution in [3.05, 3.63) is 16.0 Å². The van der Waals surface area contributed by atoms with Gasteiger partial charge in [-0.05, 0) is 39.7 Å². The molecule has 0 aliphatic carbocycles. The summed E-state index contributed by atoms with van der Waals surface area (Å²) >= 11 is 1.41. The first-order valence-corrected chi connectivity index (χ1v) is 6.62. The molecule has 1 heterocycles. The Kier molecular flexibility index (Phi) is 4.36. The molecule has 0 bridgehead atoms. The summed E-state index contributed by atoms with van der Waals surface area (Å²) in [5, 5.41) is 12.4. The quantitative estimate of drug-likeness (QED) is 0.884. The van der Waals surface area contributed by atoms with Crippen molar-refractivity contribution in [3.8, 4) is 6.07 Å². The fraction of sp³-hybridized carbons (Fsp3) is 0.538. The number of carbonyl (C=O) groups excluding carboxylic acids is 1. The van der Waals surface area contributed by atoms with Crippen LogP contribution >= 0.6 is 11.3 Å². The van der Waals surface area contributed by atoms with Gasteiger partial charge in [-0.15, -0.1) is 11.3 Å². The SMILES string of the molecule is CCc1c(C)sc(NC(=O)OC(C)(C)C)c1C#N. The van der Waals surface area contributed by atoms with Gasteiger partial charge < -0.3 is 4.74 Å². The van der Waals surface area contributed by atoms with Crippen molar-refractivity contribution in [3.63, 3.8) is 0 Å². The second kappa shape index (κ2) is 5.40. The van der Waals surface area contributed by atoms with Crippen LogP contribution in [0.3, 0.4) is 0 Å². The number of thiophene rings is 1. The largest absolute Gasteiger partial charge is 0.444 e. The first-order valence-electron chi connectivity index (χ1n) is 5.80. The average Bonchev–Trinajstić information content (AvgIpc) is 2.50. The predicted octanol–water partition coefficient (Wildman–Crippen LogP) is 3.84. The predicted molar refractivity (Wildman–Crippen MR) is 73.0 cm³/mol. The number of rotatable bonds is 2. The van der Waals surface area contributed by atoms with E-state index in [4.69, 9.17) is 10.00 Å². The first-order chi connectivity index (χ1) is 8.28. The van der Waals surface area contributed by atoms with Crippen molar-refractivity contribution in [2.24, 2.45) is 0 Å². The molecule has 4 nitrogen and oxygen atoms in total. The lowest BCUT2D eigenvalue weighted by Crippen LogP contribution is -2.27. The maximum atomic E-state index is 11.7. The zero-order valence-corrected chi connectivity index (χ0v) is 12.2. The van der Waals surface area contributed by atoms with Crippen LogP contribution in [0.2, 0.25) is 0 Å². The standard InChI is InChI=1S/C13H18N2O2S/c1-6-9-8(2)18-11(10(9)7-14)15-12(16)17-13(3,4)5/h6H2,1-5H3,(H,15,16). The van der Waals surface area contributed by atoms with E-state index < -0.39 is 11.7 Å². The Morgan fingerprint density at radius 3 is 2.56 bits per heavy atom. The van der Waals surface area contributed by atoms with E-state index in [9.17, 15) is 4.79 Å². The van der Waals surface area contributed by atoms with Crippen LogP contribution in [-0.2, 0) is 11.2 Å². The fourth-order valence-corrected chi connectivity index (χ4v) is 2.69. The van der Waals surface area contributed by atoms with Crippen molar-refractivity contribution >= 4 is 22.4 Å². The third kappa shape index (κ3) is 3.47. The number of nitrogens with zero attached hydrogens (tertiary/aromatic N) is 1. The maximum Gasteiger partial charge on any atom is 0.412 e. The second-order valence-corrected chi connectivity index (χ2v) is 6.16. The van der Waals surface area contributed by atoms with Crippen molar-refractivity contribution < 1.29 is 9.53 Å². The van der Waals surface area contributed by atoms with Crippen LogP contribution in [0.15, 0.2) is 0 Å². The number of hydrogen-bond donors (Lipinski definition) is 1. The number of amides is 1. The minimum Gasteiger partial charge on any atom is -0.444 e. The Morgan fingerprint density at radius 1 is 1.50 bits per heavy atom. The van der Waals surface area contributed by atoms with Crippen molar-refractivity contribution in [2.75, 3.05) is 5.32 Å². The molecule has 0 aliphatic heterocycles. The minimum absolute atomic E-state index is 0.525. The van der Waals surface area contributed by atoms with Gasteiger partial charge in [0, 0.05) is 4.88 Å². The summed E-state index contributed by atoms with van der Waals surface area (Å²) < 4.78 is 5.17. The second-order valence-electron chi connectivity index (χ2n) is 4.93. The van der Waals surface area contributed by atoms with Crippen LogP contribution in [0, 0.1) is 18.3 Å². The molecule has 98 valence electrons. The number of nitrogens with one attached hydrogen (secondary N) is 1. The molecule has 5 heteroatoms. The number of anilines is 1. The molecular formula is C13H18N2O2S. The van der Waals surface area contributed by atoms with Gasteiger partial charge in [0.15, 0.2) is 0 Å². The summed E-state index contributed by atoms with van der Waals surface area (Å²) in [6, 6.07) is 2.14. The van der Waals surface area contributed by atoms with E-state index in [0.717, 1.165) is 16.9 Å². The van der Waals surface area contributed by atoms with Crippen LogP contribution in [0.4, 0.5) is 9.80 Å². The van der Waals surface area contributed by atoms with E-state index in [-0.39, 0.29) is 0 Å². The molecule has 1 N–H and O–H groups in total. The molecule has 1 rings (SSSR count). The molecule has 0 aromatic carbocycles. The molecule has 0 aliphatic rings. The highest BCUT2D eigenvalue weighted by atomic mass is 32.1. The lowest BCUT2D eigenvalue weighted by molar-refractivity contribution is 0.0636. The van der Waals surface area contributed by atoms with E-state index in [1.165, 1.54) is 11.3 Å². The summed E-state index contributed by atoms with van der Waals surface area (Å²) in [5.41, 5.74) is 0.996. The zero-order chi connectivity index (χ0) is 13.9. The Hall–Kier alpha value is -1.54. The number of ether oxygens (including phenoxy) is 1. The number of nitriles is 1. The van der Waals surface area contributed by atoms with Gasteiger partial charge in [0.25, 0.3) is 0 Å². The first kappa shape index (κ1) is 14.5. The van der Waals surface area contributed by atoms with Gasteiger partial charge in [0.05, 0.1) is 5.56 Å². The third-order valence-electron chi connectivity index (χ3n) is 2.29. The Bertz CT molecular complexity index is 492. The summed E-state index contributed by atoms with van der Waals surface area (Å²) in [7, 11) is 0. The van der Waals surface area contributed by atoms with Gasteiger partial charge in [-0.2, -0.15) is 5.26 Å². The lowest BCUT2D eigenvalue weighted by atomic mass is 10.1. The molecule has 0 saturated heterocycles. The highest BCUT2D eigenvalue weighted by Crippen LogP contribution is 2.32. The molecular weight excluding hydrogens is 248 g/mol. The van der Waals surface area contributed by atoms with Gasteiger partial charge in [-0.1, -0.05) is 6.92 Å². The number of aryl methyl sites for hydroxylation is 1. The van der Waals surface area contributed by atoms with Gasteiger partial charge in [-0.3, -0.25) is 5.32 Å². The van der Waals surface area contributed by atoms with Crippen molar-refractivity contribution in [1.29, 1.82) is 5.26 Å². The van der Waals surface area contributed by atoms with Crippen molar-refractivity contribution in [1.82, 2.24) is 0 Å². The van der Waals surface area contributed by atoms with Gasteiger partial charge >= 0.3 is 6.09 Å². The van der Waals surface area contributed by atoms with Crippen LogP contribution in [0.25, 0.3) is 0 Å². The monoisotopic (exact) mass is 266 g/mol. The van der Waals surface area contributed by atoms with E-state index in [0.29, 0.717) is 10.6 Å². The molecule has 1 aromatic rings.